The minimum Gasteiger partial charge on any atom is -0.337 e. The van der Waals surface area contributed by atoms with Gasteiger partial charge >= 0.3 is 0 Å². The van der Waals surface area contributed by atoms with E-state index in [-0.39, 0.29) is 11.3 Å². The smallest absolute Gasteiger partial charge is 0.274 e. The minimum atomic E-state index is 0.0795. The Morgan fingerprint density at radius 1 is 1.21 bits per heavy atom. The number of nitrogens with one attached hydrogen (secondary N) is 1. The van der Waals surface area contributed by atoms with E-state index in [0.29, 0.717) is 11.6 Å². The average Bonchev–Trinajstić information content (AvgIpc) is 3.29. The maximum Gasteiger partial charge on any atom is 0.274 e. The molecule has 1 aromatic heterocycles. The highest BCUT2D eigenvalue weighted by molar-refractivity contribution is 5.92. The number of likely N-dealkylation sites (tertiary alicyclic amines) is 2. The molecular formula is C23H32N4O. The van der Waals surface area contributed by atoms with Crippen molar-refractivity contribution >= 4 is 5.91 Å². The van der Waals surface area contributed by atoms with Crippen LogP contribution in [-0.4, -0.2) is 52.1 Å². The van der Waals surface area contributed by atoms with E-state index >= 15 is 0 Å². The fourth-order valence-corrected chi connectivity index (χ4v) is 4.86. The summed E-state index contributed by atoms with van der Waals surface area (Å²) in [6.07, 6.45) is 3.54. The van der Waals surface area contributed by atoms with Crippen molar-refractivity contribution in [2.45, 2.75) is 52.5 Å². The zero-order valence-electron chi connectivity index (χ0n) is 17.4. The van der Waals surface area contributed by atoms with Gasteiger partial charge in [0.15, 0.2) is 0 Å². The van der Waals surface area contributed by atoms with E-state index in [2.05, 4.69) is 60.1 Å². The van der Waals surface area contributed by atoms with Gasteiger partial charge in [0.25, 0.3) is 5.91 Å². The third kappa shape index (κ3) is 4.00. The standard InChI is InChI=1S/C23H32N4O/c1-17(2)20-13-21(25-24-20)22(28)27-11-9-23(16-27)8-5-10-26(15-23)14-19-7-4-6-18(3)12-19/h4,6-7,12-13,17H,5,8-11,14-16H2,1-3H3,(H,24,25). The van der Waals surface area contributed by atoms with Crippen LogP contribution < -0.4 is 0 Å². The van der Waals surface area contributed by atoms with E-state index in [9.17, 15) is 4.79 Å². The van der Waals surface area contributed by atoms with Crippen LogP contribution in [0, 0.1) is 12.3 Å². The van der Waals surface area contributed by atoms with Crippen molar-refractivity contribution in [2.75, 3.05) is 26.2 Å². The van der Waals surface area contributed by atoms with Crippen molar-refractivity contribution in [3.8, 4) is 0 Å². The van der Waals surface area contributed by atoms with Gasteiger partial charge in [0.1, 0.15) is 5.69 Å². The molecule has 1 aromatic carbocycles. The van der Waals surface area contributed by atoms with Crippen molar-refractivity contribution in [3.63, 3.8) is 0 Å². The van der Waals surface area contributed by atoms with Gasteiger partial charge in [0.2, 0.25) is 0 Å². The zero-order valence-corrected chi connectivity index (χ0v) is 17.4. The van der Waals surface area contributed by atoms with Gasteiger partial charge < -0.3 is 4.90 Å². The molecule has 0 saturated carbocycles. The van der Waals surface area contributed by atoms with Gasteiger partial charge in [0.05, 0.1) is 0 Å². The number of aromatic amines is 1. The van der Waals surface area contributed by atoms with Crippen LogP contribution >= 0.6 is 0 Å². The van der Waals surface area contributed by atoms with Crippen LogP contribution in [0.3, 0.4) is 0 Å². The molecule has 5 heteroatoms. The fourth-order valence-electron chi connectivity index (χ4n) is 4.86. The Morgan fingerprint density at radius 3 is 2.82 bits per heavy atom. The molecule has 4 rings (SSSR count). The Kier molecular flexibility index (Phi) is 5.28. The van der Waals surface area contributed by atoms with Crippen LogP contribution in [0.5, 0.6) is 0 Å². The molecule has 150 valence electrons. The quantitative estimate of drug-likeness (QED) is 0.873. The first-order chi connectivity index (χ1) is 13.4. The van der Waals surface area contributed by atoms with Gasteiger partial charge in [-0.25, -0.2) is 0 Å². The van der Waals surface area contributed by atoms with E-state index in [1.807, 2.05) is 11.0 Å². The van der Waals surface area contributed by atoms with Crippen LogP contribution in [0.15, 0.2) is 30.3 Å². The number of H-pyrrole nitrogens is 1. The molecule has 2 fully saturated rings. The van der Waals surface area contributed by atoms with Gasteiger partial charge in [-0.1, -0.05) is 43.7 Å². The monoisotopic (exact) mass is 380 g/mol. The normalized spacial score (nSPS) is 23.1. The first-order valence-electron chi connectivity index (χ1n) is 10.6. The average molecular weight is 381 g/mol. The number of carbonyl (C=O) groups excluding carboxylic acids is 1. The van der Waals surface area contributed by atoms with Crippen LogP contribution in [0.4, 0.5) is 0 Å². The lowest BCUT2D eigenvalue weighted by atomic mass is 9.79. The zero-order chi connectivity index (χ0) is 19.7. The van der Waals surface area contributed by atoms with Gasteiger partial charge in [0, 0.05) is 37.3 Å². The summed E-state index contributed by atoms with van der Waals surface area (Å²) in [7, 11) is 0. The molecule has 2 aliphatic rings. The second kappa shape index (κ2) is 7.70. The van der Waals surface area contributed by atoms with Gasteiger partial charge in [-0.3, -0.25) is 14.8 Å². The summed E-state index contributed by atoms with van der Waals surface area (Å²) in [6.45, 7) is 11.3. The molecule has 1 spiro atoms. The number of amides is 1. The van der Waals surface area contributed by atoms with E-state index in [1.165, 1.54) is 24.0 Å². The Hall–Kier alpha value is -2.14. The first-order valence-corrected chi connectivity index (χ1v) is 10.6. The predicted octanol–water partition coefficient (Wildman–Crippen LogP) is 3.97. The molecule has 0 radical (unpaired) electrons. The van der Waals surface area contributed by atoms with E-state index in [0.717, 1.165) is 44.8 Å². The summed E-state index contributed by atoms with van der Waals surface area (Å²) in [4.78, 5) is 17.6. The molecule has 2 aromatic rings. The van der Waals surface area contributed by atoms with Crippen molar-refractivity contribution in [1.82, 2.24) is 20.0 Å². The Labute approximate surface area is 168 Å². The third-order valence-corrected chi connectivity index (χ3v) is 6.39. The first kappa shape index (κ1) is 19.2. The van der Waals surface area contributed by atoms with Crippen LogP contribution in [0.1, 0.15) is 66.3 Å². The number of hydrogen-bond donors (Lipinski definition) is 1. The van der Waals surface area contributed by atoms with Gasteiger partial charge in [-0.2, -0.15) is 5.10 Å². The SMILES string of the molecule is Cc1cccc(CN2CCCC3(CCN(C(=O)c4cc(C(C)C)[nH]n4)C3)C2)c1. The van der Waals surface area contributed by atoms with E-state index in [4.69, 9.17) is 0 Å². The lowest BCUT2D eigenvalue weighted by Gasteiger charge is -2.40. The maximum absolute atomic E-state index is 12.9. The summed E-state index contributed by atoms with van der Waals surface area (Å²) in [5.74, 6) is 0.434. The largest absolute Gasteiger partial charge is 0.337 e. The molecule has 1 N–H and O–H groups in total. The number of benzene rings is 1. The summed E-state index contributed by atoms with van der Waals surface area (Å²) in [6, 6.07) is 10.7. The highest BCUT2D eigenvalue weighted by Crippen LogP contribution is 2.39. The number of nitrogens with zero attached hydrogens (tertiary/aromatic N) is 3. The van der Waals surface area contributed by atoms with Crippen molar-refractivity contribution < 1.29 is 4.79 Å². The summed E-state index contributed by atoms with van der Waals surface area (Å²) >= 11 is 0. The van der Waals surface area contributed by atoms with Crippen LogP contribution in [-0.2, 0) is 6.54 Å². The second-order valence-electron chi connectivity index (χ2n) is 9.14. The minimum absolute atomic E-state index is 0.0795. The molecule has 1 atom stereocenters. The molecule has 0 bridgehead atoms. The maximum atomic E-state index is 12.9. The summed E-state index contributed by atoms with van der Waals surface area (Å²) in [5.41, 5.74) is 4.55. The van der Waals surface area contributed by atoms with E-state index in [1.54, 1.807) is 0 Å². The number of hydrogen-bond acceptors (Lipinski definition) is 3. The lowest BCUT2D eigenvalue weighted by molar-refractivity contribution is 0.0671. The van der Waals surface area contributed by atoms with Crippen molar-refractivity contribution in [2.24, 2.45) is 5.41 Å². The van der Waals surface area contributed by atoms with Crippen LogP contribution in [0.25, 0.3) is 0 Å². The molecule has 1 amide bonds. The number of piperidine rings is 1. The number of carbonyl (C=O) groups is 1. The molecule has 1 unspecified atom stereocenters. The number of aryl methyl sites for hydroxylation is 1. The lowest BCUT2D eigenvalue weighted by Crippen LogP contribution is -2.45. The van der Waals surface area contributed by atoms with Gasteiger partial charge in [-0.15, -0.1) is 0 Å². The Morgan fingerprint density at radius 2 is 2.07 bits per heavy atom. The predicted molar refractivity (Wildman–Crippen MR) is 111 cm³/mol. The Balaban J connectivity index is 1.40. The molecule has 5 nitrogen and oxygen atoms in total. The van der Waals surface area contributed by atoms with Crippen LogP contribution in [0.2, 0.25) is 0 Å². The molecule has 2 aliphatic heterocycles. The fraction of sp³-hybridized carbons (Fsp3) is 0.565. The molecule has 0 aliphatic carbocycles. The second-order valence-corrected chi connectivity index (χ2v) is 9.14. The molecule has 3 heterocycles. The van der Waals surface area contributed by atoms with Crippen molar-refractivity contribution in [1.29, 1.82) is 0 Å². The summed E-state index contributed by atoms with van der Waals surface area (Å²) in [5, 5.41) is 7.28. The highest BCUT2D eigenvalue weighted by atomic mass is 16.2. The number of aromatic nitrogens is 2. The number of rotatable bonds is 4. The Bertz CT molecular complexity index is 843. The molecular weight excluding hydrogens is 348 g/mol. The van der Waals surface area contributed by atoms with Gasteiger partial charge in [-0.05, 0) is 50.3 Å². The topological polar surface area (TPSA) is 52.2 Å². The summed E-state index contributed by atoms with van der Waals surface area (Å²) < 4.78 is 0. The van der Waals surface area contributed by atoms with E-state index < -0.39 is 0 Å². The third-order valence-electron chi connectivity index (χ3n) is 6.39. The highest BCUT2D eigenvalue weighted by Gasteiger charge is 2.43. The molecule has 28 heavy (non-hydrogen) atoms. The molecule has 2 saturated heterocycles. The van der Waals surface area contributed by atoms with Crippen molar-refractivity contribution in [3.05, 3.63) is 52.8 Å².